The molecule has 2 heterocycles. The Kier molecular flexibility index (Phi) is 2.86. The van der Waals surface area contributed by atoms with Gasteiger partial charge < -0.3 is 4.57 Å². The molecule has 98 valence electrons. The fourth-order valence-corrected chi connectivity index (χ4v) is 2.90. The molecule has 3 nitrogen and oxygen atoms in total. The lowest BCUT2D eigenvalue weighted by atomic mass is 9.76. The highest BCUT2D eigenvalue weighted by molar-refractivity contribution is 9.10. The van der Waals surface area contributed by atoms with Crippen molar-refractivity contribution in [1.29, 1.82) is 0 Å². The number of ketones is 1. The van der Waals surface area contributed by atoms with Gasteiger partial charge in [-0.15, -0.1) is 0 Å². The van der Waals surface area contributed by atoms with E-state index in [9.17, 15) is 4.79 Å². The average Bonchev–Trinajstić information content (AvgIpc) is 2.72. The van der Waals surface area contributed by atoms with Crippen molar-refractivity contribution in [3.8, 4) is 5.82 Å². The number of halogens is 1. The Morgan fingerprint density at radius 1 is 1.26 bits per heavy atom. The number of carbonyl (C=O) groups is 1. The molecule has 2 aromatic heterocycles. The fourth-order valence-electron chi connectivity index (χ4n) is 2.67. The molecule has 1 aliphatic carbocycles. The number of hydrogen-bond acceptors (Lipinski definition) is 2. The van der Waals surface area contributed by atoms with Crippen LogP contribution in [0.1, 0.15) is 36.3 Å². The van der Waals surface area contributed by atoms with Gasteiger partial charge in [-0.25, -0.2) is 4.98 Å². The minimum absolute atomic E-state index is 0.0234. The second kappa shape index (κ2) is 4.30. The van der Waals surface area contributed by atoms with Crippen LogP contribution in [0.3, 0.4) is 0 Å². The molecule has 0 aliphatic heterocycles. The van der Waals surface area contributed by atoms with Crippen LogP contribution in [-0.4, -0.2) is 15.3 Å². The fraction of sp³-hybridized carbons (Fsp3) is 0.333. The molecular weight excluding hydrogens is 304 g/mol. The van der Waals surface area contributed by atoms with E-state index in [2.05, 4.69) is 34.8 Å². The van der Waals surface area contributed by atoms with E-state index in [-0.39, 0.29) is 11.2 Å². The molecule has 0 fully saturated rings. The van der Waals surface area contributed by atoms with E-state index in [1.54, 1.807) is 6.20 Å². The van der Waals surface area contributed by atoms with E-state index < -0.39 is 0 Å². The predicted molar refractivity (Wildman–Crippen MR) is 77.7 cm³/mol. The van der Waals surface area contributed by atoms with Gasteiger partial charge in [0.15, 0.2) is 5.78 Å². The maximum Gasteiger partial charge on any atom is 0.165 e. The number of pyridine rings is 1. The summed E-state index contributed by atoms with van der Waals surface area (Å²) in [7, 11) is 0. The first-order valence-electron chi connectivity index (χ1n) is 6.32. The van der Waals surface area contributed by atoms with E-state index in [4.69, 9.17) is 0 Å². The first-order valence-corrected chi connectivity index (χ1v) is 7.11. The largest absolute Gasteiger partial charge is 0.305 e. The molecule has 0 saturated carbocycles. The first-order chi connectivity index (χ1) is 8.96. The third-order valence-electron chi connectivity index (χ3n) is 3.54. The van der Waals surface area contributed by atoms with Crippen molar-refractivity contribution in [1.82, 2.24) is 9.55 Å². The van der Waals surface area contributed by atoms with Gasteiger partial charge in [0.05, 0.1) is 0 Å². The summed E-state index contributed by atoms with van der Waals surface area (Å²) in [6.45, 7) is 4.28. The quantitative estimate of drug-likeness (QED) is 0.801. The monoisotopic (exact) mass is 318 g/mol. The average molecular weight is 319 g/mol. The number of hydrogen-bond donors (Lipinski definition) is 0. The van der Waals surface area contributed by atoms with Crippen LogP contribution in [0.4, 0.5) is 0 Å². The molecule has 2 aromatic rings. The van der Waals surface area contributed by atoms with Crippen LogP contribution < -0.4 is 0 Å². The highest BCUT2D eigenvalue weighted by atomic mass is 79.9. The minimum Gasteiger partial charge on any atom is -0.305 e. The standard InChI is InChI=1S/C15H15BrN2O/c1-15(2)7-12-11(13(19)8-15)5-6-18(12)14-4-3-10(16)9-17-14/h3-6,9H,7-8H2,1-2H3. The van der Waals surface area contributed by atoms with Crippen molar-refractivity contribution in [3.63, 3.8) is 0 Å². The van der Waals surface area contributed by atoms with E-state index in [1.165, 1.54) is 0 Å². The van der Waals surface area contributed by atoms with Crippen LogP contribution in [0.25, 0.3) is 5.82 Å². The first kappa shape index (κ1) is 12.6. The van der Waals surface area contributed by atoms with Crippen LogP contribution in [0.5, 0.6) is 0 Å². The molecule has 0 spiro atoms. The molecular formula is C15H15BrN2O. The normalized spacial score (nSPS) is 17.3. The number of rotatable bonds is 1. The molecule has 1 aliphatic rings. The van der Waals surface area contributed by atoms with Gasteiger partial charge in [-0.3, -0.25) is 4.79 Å². The summed E-state index contributed by atoms with van der Waals surface area (Å²) in [6, 6.07) is 5.83. The molecule has 4 heteroatoms. The zero-order valence-electron chi connectivity index (χ0n) is 11.0. The Morgan fingerprint density at radius 3 is 2.74 bits per heavy atom. The molecule has 0 radical (unpaired) electrons. The van der Waals surface area contributed by atoms with Crippen LogP contribution in [0.2, 0.25) is 0 Å². The predicted octanol–water partition coefficient (Wildman–Crippen LogP) is 3.79. The SMILES string of the molecule is CC1(C)CC(=O)c2ccn(-c3ccc(Br)cn3)c2C1. The van der Waals surface area contributed by atoms with Gasteiger partial charge in [-0.2, -0.15) is 0 Å². The maximum absolute atomic E-state index is 12.2. The van der Waals surface area contributed by atoms with Gasteiger partial charge in [0.1, 0.15) is 5.82 Å². The summed E-state index contributed by atoms with van der Waals surface area (Å²) < 4.78 is 2.98. The number of nitrogens with zero attached hydrogens (tertiary/aromatic N) is 2. The Morgan fingerprint density at radius 2 is 2.05 bits per heavy atom. The molecule has 19 heavy (non-hydrogen) atoms. The lowest BCUT2D eigenvalue weighted by molar-refractivity contribution is 0.0911. The van der Waals surface area contributed by atoms with Gasteiger partial charge in [-0.05, 0) is 46.0 Å². The summed E-state index contributed by atoms with van der Waals surface area (Å²) in [5, 5.41) is 0. The molecule has 0 amide bonds. The van der Waals surface area contributed by atoms with Crippen molar-refractivity contribution in [2.24, 2.45) is 5.41 Å². The van der Waals surface area contributed by atoms with Gasteiger partial charge in [0.2, 0.25) is 0 Å². The zero-order valence-corrected chi connectivity index (χ0v) is 12.6. The number of aromatic nitrogens is 2. The van der Waals surface area contributed by atoms with Crippen LogP contribution in [0.15, 0.2) is 35.1 Å². The van der Waals surface area contributed by atoms with Crippen LogP contribution >= 0.6 is 15.9 Å². The summed E-state index contributed by atoms with van der Waals surface area (Å²) in [5.41, 5.74) is 1.95. The van der Waals surface area contributed by atoms with Crippen molar-refractivity contribution < 1.29 is 4.79 Å². The van der Waals surface area contributed by atoms with Gasteiger partial charge >= 0.3 is 0 Å². The number of fused-ring (bicyclic) bond motifs is 1. The molecule has 0 saturated heterocycles. The topological polar surface area (TPSA) is 34.9 Å². The van der Waals surface area contributed by atoms with Gasteiger partial charge in [0, 0.05) is 34.5 Å². The molecule has 0 aromatic carbocycles. The summed E-state index contributed by atoms with van der Waals surface area (Å²) in [4.78, 5) is 16.6. The second-order valence-electron chi connectivity index (χ2n) is 5.82. The highest BCUT2D eigenvalue weighted by Crippen LogP contribution is 2.36. The minimum atomic E-state index is 0.0234. The summed E-state index contributed by atoms with van der Waals surface area (Å²) >= 11 is 3.39. The van der Waals surface area contributed by atoms with Crippen molar-refractivity contribution in [2.45, 2.75) is 26.7 Å². The Hall–Kier alpha value is -1.42. The lowest BCUT2D eigenvalue weighted by Gasteiger charge is -2.29. The van der Waals surface area contributed by atoms with E-state index in [1.807, 2.05) is 29.0 Å². The number of carbonyl (C=O) groups excluding carboxylic acids is 1. The van der Waals surface area contributed by atoms with E-state index >= 15 is 0 Å². The number of Topliss-reactive ketones (excluding diaryl/α,β-unsaturated/α-hetero) is 1. The summed E-state index contributed by atoms with van der Waals surface area (Å²) in [5.74, 6) is 1.09. The molecule has 3 rings (SSSR count). The lowest BCUT2D eigenvalue weighted by Crippen LogP contribution is -2.27. The Balaban J connectivity index is 2.11. The third kappa shape index (κ3) is 2.25. The molecule has 0 bridgehead atoms. The van der Waals surface area contributed by atoms with E-state index in [0.29, 0.717) is 6.42 Å². The van der Waals surface area contributed by atoms with Crippen molar-refractivity contribution in [2.75, 3.05) is 0 Å². The summed E-state index contributed by atoms with van der Waals surface area (Å²) in [6.07, 6.45) is 5.24. The van der Waals surface area contributed by atoms with Gasteiger partial charge in [-0.1, -0.05) is 13.8 Å². The van der Waals surface area contributed by atoms with Crippen LogP contribution in [0, 0.1) is 5.41 Å². The Bertz CT molecular complexity index is 641. The second-order valence-corrected chi connectivity index (χ2v) is 6.74. The van der Waals surface area contributed by atoms with E-state index in [0.717, 1.165) is 28.0 Å². The van der Waals surface area contributed by atoms with Crippen molar-refractivity contribution in [3.05, 3.63) is 46.3 Å². The smallest absolute Gasteiger partial charge is 0.165 e. The molecule has 0 unspecified atom stereocenters. The molecule has 0 N–H and O–H groups in total. The molecule has 0 atom stereocenters. The maximum atomic E-state index is 12.2. The highest BCUT2D eigenvalue weighted by Gasteiger charge is 2.33. The zero-order chi connectivity index (χ0) is 13.6. The third-order valence-corrected chi connectivity index (χ3v) is 4.01. The van der Waals surface area contributed by atoms with Crippen LogP contribution in [-0.2, 0) is 6.42 Å². The van der Waals surface area contributed by atoms with Gasteiger partial charge in [0.25, 0.3) is 0 Å². The van der Waals surface area contributed by atoms with Crippen molar-refractivity contribution >= 4 is 21.7 Å². The Labute approximate surface area is 120 Å².